The third-order valence-electron chi connectivity index (χ3n) is 5.05. The summed E-state index contributed by atoms with van der Waals surface area (Å²) in [5, 5.41) is 11.6. The Bertz CT molecular complexity index is 1190. The minimum atomic E-state index is -1.10. The van der Waals surface area contributed by atoms with E-state index in [0.29, 0.717) is 16.5 Å². The van der Waals surface area contributed by atoms with Crippen molar-refractivity contribution in [2.75, 3.05) is 4.90 Å². The standard InChI is InChI=1S/C22H16ClN3O6/c23-15-6-8-16(9-7-15)25-20(27)12-19(22(25)29)24(13-18-5-2-10-32-18)21(28)14-3-1-4-17(11-14)26(30)31/h1-11,19H,12-13H2. The molecule has 2 aromatic carbocycles. The van der Waals surface area contributed by atoms with E-state index in [1.54, 1.807) is 36.4 Å². The van der Waals surface area contributed by atoms with Gasteiger partial charge in [-0.05, 0) is 42.5 Å². The molecular weight excluding hydrogens is 438 g/mol. The van der Waals surface area contributed by atoms with Crippen molar-refractivity contribution in [1.29, 1.82) is 0 Å². The number of nitrogens with zero attached hydrogens (tertiary/aromatic N) is 3. The van der Waals surface area contributed by atoms with Crippen LogP contribution in [0, 0.1) is 10.1 Å². The molecule has 1 saturated heterocycles. The Hall–Kier alpha value is -3.98. The molecule has 10 heteroatoms. The van der Waals surface area contributed by atoms with Gasteiger partial charge in [-0.2, -0.15) is 0 Å². The Kier molecular flexibility index (Phi) is 5.74. The molecule has 0 radical (unpaired) electrons. The first-order chi connectivity index (χ1) is 15.3. The fourth-order valence-corrected chi connectivity index (χ4v) is 3.66. The van der Waals surface area contributed by atoms with Crippen LogP contribution in [-0.2, 0) is 16.1 Å². The van der Waals surface area contributed by atoms with Crippen LogP contribution in [0.1, 0.15) is 22.5 Å². The Morgan fingerprint density at radius 1 is 1.16 bits per heavy atom. The van der Waals surface area contributed by atoms with Gasteiger partial charge in [0.05, 0.1) is 29.8 Å². The van der Waals surface area contributed by atoms with E-state index in [1.165, 1.54) is 29.4 Å². The summed E-state index contributed by atoms with van der Waals surface area (Å²) in [5.74, 6) is -1.29. The van der Waals surface area contributed by atoms with E-state index >= 15 is 0 Å². The molecule has 1 aliphatic rings. The summed E-state index contributed by atoms with van der Waals surface area (Å²) < 4.78 is 5.33. The number of nitro groups is 1. The van der Waals surface area contributed by atoms with Gasteiger partial charge in [-0.25, -0.2) is 4.90 Å². The number of nitro benzene ring substituents is 1. The molecule has 32 heavy (non-hydrogen) atoms. The molecule has 2 heterocycles. The van der Waals surface area contributed by atoms with Gasteiger partial charge in [-0.1, -0.05) is 17.7 Å². The maximum atomic E-state index is 13.3. The number of rotatable bonds is 6. The molecule has 3 aromatic rings. The summed E-state index contributed by atoms with van der Waals surface area (Å²) in [4.78, 5) is 52.0. The fraction of sp³-hybridized carbons (Fsp3) is 0.136. The Labute approximate surface area is 186 Å². The second kappa shape index (κ2) is 8.64. The lowest BCUT2D eigenvalue weighted by Gasteiger charge is -2.27. The number of halogens is 1. The van der Waals surface area contributed by atoms with Gasteiger partial charge in [0, 0.05) is 22.7 Å². The van der Waals surface area contributed by atoms with Crippen LogP contribution >= 0.6 is 11.6 Å². The number of non-ortho nitro benzene ring substituents is 1. The summed E-state index contributed by atoms with van der Waals surface area (Å²) in [6.07, 6.45) is 1.19. The molecule has 9 nitrogen and oxygen atoms in total. The van der Waals surface area contributed by atoms with E-state index in [1.807, 2.05) is 0 Å². The number of furan rings is 1. The van der Waals surface area contributed by atoms with E-state index in [0.717, 1.165) is 11.0 Å². The molecule has 162 valence electrons. The maximum absolute atomic E-state index is 13.3. The highest BCUT2D eigenvalue weighted by Gasteiger charge is 2.44. The summed E-state index contributed by atoms with van der Waals surface area (Å²) >= 11 is 5.89. The second-order valence-corrected chi connectivity index (χ2v) is 7.52. The van der Waals surface area contributed by atoms with Crippen molar-refractivity contribution in [3.05, 3.63) is 93.4 Å². The first kappa shape index (κ1) is 21.3. The van der Waals surface area contributed by atoms with Gasteiger partial charge in [0.2, 0.25) is 5.91 Å². The van der Waals surface area contributed by atoms with Crippen molar-refractivity contribution in [2.45, 2.75) is 19.0 Å². The second-order valence-electron chi connectivity index (χ2n) is 7.08. The SMILES string of the molecule is O=C1CC(N(Cc2ccco2)C(=O)c2cccc([N+](=O)[O-])c2)C(=O)N1c1ccc(Cl)cc1. The zero-order valence-electron chi connectivity index (χ0n) is 16.5. The van der Waals surface area contributed by atoms with E-state index in [2.05, 4.69) is 0 Å². The monoisotopic (exact) mass is 453 g/mol. The van der Waals surface area contributed by atoms with Gasteiger partial charge in [-0.15, -0.1) is 0 Å². The molecule has 0 saturated carbocycles. The van der Waals surface area contributed by atoms with Crippen LogP contribution in [0.4, 0.5) is 11.4 Å². The third-order valence-corrected chi connectivity index (χ3v) is 5.31. The average Bonchev–Trinajstić information content (AvgIpc) is 3.40. The first-order valence-corrected chi connectivity index (χ1v) is 9.93. The summed E-state index contributed by atoms with van der Waals surface area (Å²) in [6.45, 7) is -0.0906. The highest BCUT2D eigenvalue weighted by atomic mass is 35.5. The molecule has 0 spiro atoms. The minimum Gasteiger partial charge on any atom is -0.467 e. The predicted molar refractivity (Wildman–Crippen MR) is 114 cm³/mol. The van der Waals surface area contributed by atoms with Crippen LogP contribution in [0.15, 0.2) is 71.3 Å². The normalized spacial score (nSPS) is 15.8. The number of amides is 3. The van der Waals surface area contributed by atoms with Crippen LogP contribution in [0.2, 0.25) is 5.02 Å². The summed E-state index contributed by atoms with van der Waals surface area (Å²) in [7, 11) is 0. The molecule has 1 aliphatic heterocycles. The number of imide groups is 1. The highest BCUT2D eigenvalue weighted by molar-refractivity contribution is 6.31. The molecule has 3 amide bonds. The van der Waals surface area contributed by atoms with Crippen molar-refractivity contribution < 1.29 is 23.7 Å². The van der Waals surface area contributed by atoms with Crippen molar-refractivity contribution >= 4 is 40.7 Å². The largest absolute Gasteiger partial charge is 0.467 e. The van der Waals surface area contributed by atoms with Gasteiger partial charge in [0.25, 0.3) is 17.5 Å². The van der Waals surface area contributed by atoms with Gasteiger partial charge in [0.15, 0.2) is 0 Å². The third kappa shape index (κ3) is 4.10. The minimum absolute atomic E-state index is 0.0240. The number of benzene rings is 2. The summed E-state index contributed by atoms with van der Waals surface area (Å²) in [6, 6.07) is 13.6. The molecule has 4 rings (SSSR count). The van der Waals surface area contributed by atoms with Gasteiger partial charge >= 0.3 is 0 Å². The molecule has 1 aromatic heterocycles. The Balaban J connectivity index is 1.69. The maximum Gasteiger partial charge on any atom is 0.270 e. The smallest absolute Gasteiger partial charge is 0.270 e. The van der Waals surface area contributed by atoms with Gasteiger partial charge in [0.1, 0.15) is 11.8 Å². The van der Waals surface area contributed by atoms with E-state index in [-0.39, 0.29) is 24.2 Å². The molecular formula is C22H16ClN3O6. The van der Waals surface area contributed by atoms with Crippen LogP contribution in [0.25, 0.3) is 0 Å². The molecule has 1 unspecified atom stereocenters. The van der Waals surface area contributed by atoms with Crippen molar-refractivity contribution in [3.8, 4) is 0 Å². The Morgan fingerprint density at radius 3 is 2.56 bits per heavy atom. The molecule has 0 N–H and O–H groups in total. The van der Waals surface area contributed by atoms with Crippen LogP contribution in [-0.4, -0.2) is 33.6 Å². The van der Waals surface area contributed by atoms with Crippen molar-refractivity contribution in [1.82, 2.24) is 4.90 Å². The number of anilines is 1. The first-order valence-electron chi connectivity index (χ1n) is 9.55. The van der Waals surface area contributed by atoms with Gasteiger partial charge < -0.3 is 9.32 Å². The van der Waals surface area contributed by atoms with Crippen LogP contribution in [0.3, 0.4) is 0 Å². The van der Waals surface area contributed by atoms with E-state index < -0.39 is 28.7 Å². The Morgan fingerprint density at radius 2 is 1.91 bits per heavy atom. The molecule has 0 aliphatic carbocycles. The van der Waals surface area contributed by atoms with Crippen LogP contribution < -0.4 is 4.90 Å². The number of hydrogen-bond donors (Lipinski definition) is 0. The molecule has 1 fully saturated rings. The topological polar surface area (TPSA) is 114 Å². The zero-order chi connectivity index (χ0) is 22.8. The van der Waals surface area contributed by atoms with Crippen molar-refractivity contribution in [3.63, 3.8) is 0 Å². The number of carbonyl (C=O) groups is 3. The van der Waals surface area contributed by atoms with Gasteiger partial charge in [-0.3, -0.25) is 24.5 Å². The lowest BCUT2D eigenvalue weighted by Crippen LogP contribution is -2.45. The quantitative estimate of drug-likeness (QED) is 0.318. The van der Waals surface area contributed by atoms with E-state index in [9.17, 15) is 24.5 Å². The fourth-order valence-electron chi connectivity index (χ4n) is 3.53. The highest BCUT2D eigenvalue weighted by Crippen LogP contribution is 2.29. The lowest BCUT2D eigenvalue weighted by atomic mass is 10.1. The summed E-state index contributed by atoms with van der Waals surface area (Å²) in [5.41, 5.74) is 0.106. The molecule has 0 bridgehead atoms. The van der Waals surface area contributed by atoms with E-state index in [4.69, 9.17) is 16.0 Å². The predicted octanol–water partition coefficient (Wildman–Crippen LogP) is 3.82. The lowest BCUT2D eigenvalue weighted by molar-refractivity contribution is -0.384. The van der Waals surface area contributed by atoms with Crippen LogP contribution in [0.5, 0.6) is 0 Å². The average molecular weight is 454 g/mol. The number of carbonyl (C=O) groups excluding carboxylic acids is 3. The number of hydrogen-bond acceptors (Lipinski definition) is 6. The molecule has 1 atom stereocenters. The van der Waals surface area contributed by atoms with Crippen molar-refractivity contribution in [2.24, 2.45) is 0 Å². The zero-order valence-corrected chi connectivity index (χ0v) is 17.3.